The molecule has 0 unspecified atom stereocenters. The van der Waals surface area contributed by atoms with Crippen molar-refractivity contribution in [2.45, 2.75) is 39.9 Å². The molecule has 0 bridgehead atoms. The van der Waals surface area contributed by atoms with E-state index in [9.17, 15) is 4.79 Å². The molecule has 0 spiro atoms. The standard InChI is InChI=1S/C20H27N3O/c1-16(2)22(4)15-20(24)23(14-19-11-7-8-12-21-19)13-18-10-6-5-9-17(18)3/h5-12,16H,13-15H2,1-4H3. The van der Waals surface area contributed by atoms with Gasteiger partial charge in [-0.2, -0.15) is 0 Å². The number of amides is 1. The minimum Gasteiger partial charge on any atom is -0.331 e. The number of rotatable bonds is 7. The van der Waals surface area contributed by atoms with E-state index in [1.54, 1.807) is 6.20 Å². The molecule has 0 atom stereocenters. The maximum atomic E-state index is 12.8. The first-order chi connectivity index (χ1) is 11.5. The minimum absolute atomic E-state index is 0.125. The average Bonchev–Trinajstić information content (AvgIpc) is 2.57. The predicted molar refractivity (Wildman–Crippen MR) is 97.4 cm³/mol. The van der Waals surface area contributed by atoms with Gasteiger partial charge in [0.1, 0.15) is 0 Å². The first kappa shape index (κ1) is 18.1. The van der Waals surface area contributed by atoms with Gasteiger partial charge in [0.15, 0.2) is 0 Å². The van der Waals surface area contributed by atoms with Crippen molar-refractivity contribution in [1.29, 1.82) is 0 Å². The Morgan fingerprint density at radius 1 is 1.08 bits per heavy atom. The van der Waals surface area contributed by atoms with E-state index in [1.807, 2.05) is 42.3 Å². The molecule has 0 saturated heterocycles. The molecule has 1 aromatic carbocycles. The van der Waals surface area contributed by atoms with Crippen molar-refractivity contribution in [3.8, 4) is 0 Å². The van der Waals surface area contributed by atoms with Crippen LogP contribution in [0.4, 0.5) is 0 Å². The molecule has 0 saturated carbocycles. The van der Waals surface area contributed by atoms with Crippen LogP contribution in [0.15, 0.2) is 48.7 Å². The van der Waals surface area contributed by atoms with Gasteiger partial charge >= 0.3 is 0 Å². The molecule has 1 heterocycles. The molecule has 0 aliphatic heterocycles. The van der Waals surface area contributed by atoms with E-state index >= 15 is 0 Å². The fourth-order valence-corrected chi connectivity index (χ4v) is 2.41. The molecule has 128 valence electrons. The zero-order valence-corrected chi connectivity index (χ0v) is 15.1. The van der Waals surface area contributed by atoms with Crippen molar-refractivity contribution in [3.63, 3.8) is 0 Å². The van der Waals surface area contributed by atoms with Crippen molar-refractivity contribution < 1.29 is 4.79 Å². The molecule has 0 fully saturated rings. The van der Waals surface area contributed by atoms with Gasteiger partial charge in [-0.05, 0) is 51.1 Å². The van der Waals surface area contributed by atoms with Crippen LogP contribution in [-0.4, -0.2) is 40.3 Å². The summed E-state index contributed by atoms with van der Waals surface area (Å²) in [5, 5.41) is 0. The highest BCUT2D eigenvalue weighted by Crippen LogP contribution is 2.13. The number of hydrogen-bond donors (Lipinski definition) is 0. The summed E-state index contributed by atoms with van der Waals surface area (Å²) in [6.07, 6.45) is 1.77. The number of hydrogen-bond acceptors (Lipinski definition) is 3. The van der Waals surface area contributed by atoms with Crippen molar-refractivity contribution >= 4 is 5.91 Å². The summed E-state index contributed by atoms with van der Waals surface area (Å²) in [6.45, 7) is 7.82. The molecule has 4 nitrogen and oxygen atoms in total. The van der Waals surface area contributed by atoms with Crippen LogP contribution in [0, 0.1) is 6.92 Å². The van der Waals surface area contributed by atoms with E-state index in [1.165, 1.54) is 11.1 Å². The second-order valence-corrected chi connectivity index (χ2v) is 6.51. The van der Waals surface area contributed by atoms with Gasteiger partial charge < -0.3 is 4.90 Å². The van der Waals surface area contributed by atoms with Crippen LogP contribution in [0.1, 0.15) is 30.7 Å². The van der Waals surface area contributed by atoms with Gasteiger partial charge in [0.2, 0.25) is 5.91 Å². The quantitative estimate of drug-likeness (QED) is 0.784. The number of aryl methyl sites for hydroxylation is 1. The van der Waals surface area contributed by atoms with E-state index in [0.29, 0.717) is 25.7 Å². The number of benzene rings is 1. The second kappa shape index (κ2) is 8.60. The predicted octanol–water partition coefficient (Wildman–Crippen LogP) is 3.26. The maximum absolute atomic E-state index is 12.8. The largest absolute Gasteiger partial charge is 0.331 e. The number of carbonyl (C=O) groups is 1. The Balaban J connectivity index is 2.17. The van der Waals surface area contributed by atoms with Gasteiger partial charge in [-0.25, -0.2) is 0 Å². The van der Waals surface area contributed by atoms with Crippen molar-refractivity contribution in [2.75, 3.05) is 13.6 Å². The van der Waals surface area contributed by atoms with Gasteiger partial charge in [0.25, 0.3) is 0 Å². The zero-order chi connectivity index (χ0) is 17.5. The van der Waals surface area contributed by atoms with E-state index < -0.39 is 0 Å². The van der Waals surface area contributed by atoms with E-state index in [4.69, 9.17) is 0 Å². The van der Waals surface area contributed by atoms with Crippen molar-refractivity contribution in [1.82, 2.24) is 14.8 Å². The third kappa shape index (κ3) is 5.17. The second-order valence-electron chi connectivity index (χ2n) is 6.51. The minimum atomic E-state index is 0.125. The molecule has 0 N–H and O–H groups in total. The van der Waals surface area contributed by atoms with Gasteiger partial charge in [-0.1, -0.05) is 30.3 Å². The Morgan fingerprint density at radius 3 is 2.42 bits per heavy atom. The number of nitrogens with zero attached hydrogens (tertiary/aromatic N) is 3. The summed E-state index contributed by atoms with van der Waals surface area (Å²) in [7, 11) is 1.98. The summed E-state index contributed by atoms with van der Waals surface area (Å²) < 4.78 is 0. The van der Waals surface area contributed by atoms with E-state index in [2.05, 4.69) is 42.8 Å². The highest BCUT2D eigenvalue weighted by Gasteiger charge is 2.18. The van der Waals surface area contributed by atoms with Crippen LogP contribution < -0.4 is 0 Å². The third-order valence-electron chi connectivity index (χ3n) is 4.32. The number of carbonyl (C=O) groups excluding carboxylic acids is 1. The van der Waals surface area contributed by atoms with Crippen LogP contribution in [-0.2, 0) is 17.9 Å². The Kier molecular flexibility index (Phi) is 6.50. The SMILES string of the molecule is Cc1ccccc1CN(Cc1ccccn1)C(=O)CN(C)C(C)C. The summed E-state index contributed by atoms with van der Waals surface area (Å²) in [5.41, 5.74) is 3.29. The summed E-state index contributed by atoms with van der Waals surface area (Å²) >= 11 is 0. The molecular weight excluding hydrogens is 298 g/mol. The summed E-state index contributed by atoms with van der Waals surface area (Å²) in [4.78, 5) is 21.2. The maximum Gasteiger partial charge on any atom is 0.237 e. The topological polar surface area (TPSA) is 36.4 Å². The molecule has 2 rings (SSSR count). The smallest absolute Gasteiger partial charge is 0.237 e. The van der Waals surface area contributed by atoms with Crippen LogP contribution in [0.25, 0.3) is 0 Å². The normalized spacial score (nSPS) is 11.1. The molecule has 2 aromatic rings. The molecule has 0 aliphatic rings. The van der Waals surface area contributed by atoms with Crippen LogP contribution in [0.2, 0.25) is 0 Å². The van der Waals surface area contributed by atoms with Crippen LogP contribution in [0.5, 0.6) is 0 Å². The molecule has 4 heteroatoms. The molecule has 0 aliphatic carbocycles. The van der Waals surface area contributed by atoms with Crippen LogP contribution in [0.3, 0.4) is 0 Å². The Labute approximate surface area is 145 Å². The van der Waals surface area contributed by atoms with Crippen molar-refractivity contribution in [2.24, 2.45) is 0 Å². The van der Waals surface area contributed by atoms with E-state index in [0.717, 1.165) is 5.69 Å². The average molecular weight is 325 g/mol. The van der Waals surface area contributed by atoms with Gasteiger partial charge in [-0.15, -0.1) is 0 Å². The zero-order valence-electron chi connectivity index (χ0n) is 15.1. The summed E-state index contributed by atoms with van der Waals surface area (Å²) in [6, 6.07) is 14.4. The molecule has 24 heavy (non-hydrogen) atoms. The fourth-order valence-electron chi connectivity index (χ4n) is 2.41. The van der Waals surface area contributed by atoms with Gasteiger partial charge in [0.05, 0.1) is 18.8 Å². The van der Waals surface area contributed by atoms with Gasteiger partial charge in [0, 0.05) is 18.8 Å². The lowest BCUT2D eigenvalue weighted by Crippen LogP contribution is -2.40. The Morgan fingerprint density at radius 2 is 1.79 bits per heavy atom. The highest BCUT2D eigenvalue weighted by molar-refractivity contribution is 5.78. The van der Waals surface area contributed by atoms with Crippen molar-refractivity contribution in [3.05, 3.63) is 65.5 Å². The molecule has 0 radical (unpaired) electrons. The van der Waals surface area contributed by atoms with Gasteiger partial charge in [-0.3, -0.25) is 14.7 Å². The summed E-state index contributed by atoms with van der Waals surface area (Å²) in [5.74, 6) is 0.125. The van der Waals surface area contributed by atoms with Crippen LogP contribution >= 0.6 is 0 Å². The molecule has 1 aromatic heterocycles. The highest BCUT2D eigenvalue weighted by atomic mass is 16.2. The lowest BCUT2D eigenvalue weighted by Gasteiger charge is -2.27. The number of pyridine rings is 1. The number of likely N-dealkylation sites (N-methyl/N-ethyl adjacent to an activating group) is 1. The third-order valence-corrected chi connectivity index (χ3v) is 4.32. The first-order valence-corrected chi connectivity index (χ1v) is 8.40. The fraction of sp³-hybridized carbons (Fsp3) is 0.400. The molecular formula is C20H27N3O. The Bertz CT molecular complexity index is 655. The monoisotopic (exact) mass is 325 g/mol. The first-order valence-electron chi connectivity index (χ1n) is 8.40. The lowest BCUT2D eigenvalue weighted by atomic mass is 10.1. The Hall–Kier alpha value is -2.20. The number of aromatic nitrogens is 1. The van der Waals surface area contributed by atoms with E-state index in [-0.39, 0.29) is 5.91 Å². The molecule has 1 amide bonds. The lowest BCUT2D eigenvalue weighted by molar-refractivity contribution is -0.133.